The van der Waals surface area contributed by atoms with Crippen molar-refractivity contribution in [3.8, 4) is 5.75 Å². The van der Waals surface area contributed by atoms with E-state index in [9.17, 15) is 9.59 Å². The monoisotopic (exact) mass is 208 g/mol. The lowest BCUT2D eigenvalue weighted by molar-refractivity contribution is -0.122. The quantitative estimate of drug-likeness (QED) is 0.710. The molecule has 1 heterocycles. The number of rotatable bonds is 5. The number of hydrogen-bond acceptors (Lipinski definition) is 4. The number of carbonyl (C=O) groups is 2. The van der Waals surface area contributed by atoms with E-state index in [1.165, 1.54) is 12.3 Å². The smallest absolute Gasteiger partial charge is 0.223 e. The number of hydrogen-bond donors (Lipinski definition) is 1. The van der Waals surface area contributed by atoms with Crippen molar-refractivity contribution in [2.45, 2.75) is 6.92 Å². The van der Waals surface area contributed by atoms with Crippen LogP contribution in [0.3, 0.4) is 0 Å². The van der Waals surface area contributed by atoms with Crippen LogP contribution in [-0.4, -0.2) is 23.8 Å². The number of carbonyl (C=O) groups excluding carboxylic acids is 2. The van der Waals surface area contributed by atoms with Crippen LogP contribution in [0.25, 0.3) is 0 Å². The van der Waals surface area contributed by atoms with Crippen molar-refractivity contribution in [2.24, 2.45) is 11.7 Å². The Bertz CT molecular complexity index is 348. The van der Waals surface area contributed by atoms with Crippen molar-refractivity contribution in [3.63, 3.8) is 0 Å². The summed E-state index contributed by atoms with van der Waals surface area (Å²) in [5, 5.41) is 0. The summed E-state index contributed by atoms with van der Waals surface area (Å²) in [5.74, 6) is -0.253. The summed E-state index contributed by atoms with van der Waals surface area (Å²) in [4.78, 5) is 24.8. The number of aromatic nitrogens is 1. The summed E-state index contributed by atoms with van der Waals surface area (Å²) >= 11 is 0. The van der Waals surface area contributed by atoms with E-state index in [-0.39, 0.29) is 12.5 Å². The van der Waals surface area contributed by atoms with Gasteiger partial charge in [-0.05, 0) is 12.1 Å². The maximum atomic E-state index is 10.7. The lowest BCUT2D eigenvalue weighted by Gasteiger charge is -2.09. The average Bonchev–Trinajstić information content (AvgIpc) is 2.26. The second-order valence-corrected chi connectivity index (χ2v) is 3.15. The lowest BCUT2D eigenvalue weighted by atomic mass is 10.2. The number of pyridine rings is 1. The Hall–Kier alpha value is -1.91. The van der Waals surface area contributed by atoms with Crippen molar-refractivity contribution in [1.29, 1.82) is 0 Å². The second-order valence-electron chi connectivity index (χ2n) is 3.15. The van der Waals surface area contributed by atoms with Gasteiger partial charge >= 0.3 is 0 Å². The van der Waals surface area contributed by atoms with Crippen LogP contribution in [0, 0.1) is 5.92 Å². The highest BCUT2D eigenvalue weighted by Crippen LogP contribution is 2.09. The Morgan fingerprint density at radius 3 is 2.87 bits per heavy atom. The van der Waals surface area contributed by atoms with E-state index in [1.54, 1.807) is 13.0 Å². The van der Waals surface area contributed by atoms with Gasteiger partial charge in [0.1, 0.15) is 11.4 Å². The molecule has 0 aliphatic rings. The summed E-state index contributed by atoms with van der Waals surface area (Å²) < 4.78 is 5.25. The zero-order chi connectivity index (χ0) is 11.3. The Labute approximate surface area is 87.3 Å². The second kappa shape index (κ2) is 5.09. The van der Waals surface area contributed by atoms with Crippen LogP contribution in [0.1, 0.15) is 17.4 Å². The minimum atomic E-state index is -0.410. The van der Waals surface area contributed by atoms with E-state index in [2.05, 4.69) is 4.98 Å². The Morgan fingerprint density at radius 2 is 2.40 bits per heavy atom. The molecule has 1 amide bonds. The number of amides is 1. The number of nitrogens with two attached hydrogens (primary N) is 1. The summed E-state index contributed by atoms with van der Waals surface area (Å²) in [7, 11) is 0. The first-order chi connectivity index (χ1) is 7.13. The van der Waals surface area contributed by atoms with E-state index >= 15 is 0 Å². The molecule has 5 nitrogen and oxygen atoms in total. The zero-order valence-corrected chi connectivity index (χ0v) is 8.34. The third-order valence-corrected chi connectivity index (χ3v) is 1.87. The first-order valence-electron chi connectivity index (χ1n) is 4.47. The van der Waals surface area contributed by atoms with Crippen molar-refractivity contribution < 1.29 is 14.3 Å². The molecule has 0 aromatic carbocycles. The first kappa shape index (κ1) is 11.2. The van der Waals surface area contributed by atoms with Crippen LogP contribution in [-0.2, 0) is 4.79 Å². The van der Waals surface area contributed by atoms with Crippen LogP contribution in [0.15, 0.2) is 18.3 Å². The molecular formula is C10H12N2O3. The highest BCUT2D eigenvalue weighted by atomic mass is 16.5. The number of ether oxygens (including phenoxy) is 1. The largest absolute Gasteiger partial charge is 0.491 e. The SMILES string of the molecule is CC(COc1ccc(C=O)nc1)C(N)=O. The molecule has 0 aliphatic carbocycles. The molecule has 80 valence electrons. The van der Waals surface area contributed by atoms with Crippen LogP contribution in [0.4, 0.5) is 0 Å². The van der Waals surface area contributed by atoms with Crippen molar-refractivity contribution >= 4 is 12.2 Å². The molecule has 0 aliphatic heterocycles. The number of primary amides is 1. The van der Waals surface area contributed by atoms with Crippen LogP contribution >= 0.6 is 0 Å². The summed E-state index contributed by atoms with van der Waals surface area (Å²) in [5.41, 5.74) is 5.40. The predicted octanol–water partition coefficient (Wildman–Crippen LogP) is 0.394. The highest BCUT2D eigenvalue weighted by Gasteiger charge is 2.09. The van der Waals surface area contributed by atoms with Crippen molar-refractivity contribution in [3.05, 3.63) is 24.0 Å². The molecule has 0 saturated carbocycles. The highest BCUT2D eigenvalue weighted by molar-refractivity contribution is 5.76. The van der Waals surface area contributed by atoms with E-state index in [0.29, 0.717) is 17.7 Å². The number of nitrogens with zero attached hydrogens (tertiary/aromatic N) is 1. The van der Waals surface area contributed by atoms with Gasteiger partial charge in [-0.3, -0.25) is 9.59 Å². The fourth-order valence-corrected chi connectivity index (χ4v) is 0.850. The topological polar surface area (TPSA) is 82.3 Å². The molecular weight excluding hydrogens is 196 g/mol. The normalized spacial score (nSPS) is 11.8. The van der Waals surface area contributed by atoms with E-state index in [0.717, 1.165) is 0 Å². The molecule has 0 saturated heterocycles. The van der Waals surface area contributed by atoms with E-state index < -0.39 is 5.91 Å². The maximum Gasteiger partial charge on any atom is 0.223 e. The Kier molecular flexibility index (Phi) is 3.79. The fraction of sp³-hybridized carbons (Fsp3) is 0.300. The van der Waals surface area contributed by atoms with Gasteiger partial charge in [-0.15, -0.1) is 0 Å². The fourth-order valence-electron chi connectivity index (χ4n) is 0.850. The van der Waals surface area contributed by atoms with Crippen molar-refractivity contribution in [2.75, 3.05) is 6.61 Å². The van der Waals surface area contributed by atoms with Crippen LogP contribution in [0.2, 0.25) is 0 Å². The van der Waals surface area contributed by atoms with Gasteiger partial charge in [0.15, 0.2) is 6.29 Å². The molecule has 5 heteroatoms. The third kappa shape index (κ3) is 3.38. The minimum Gasteiger partial charge on any atom is -0.491 e. The van der Waals surface area contributed by atoms with Gasteiger partial charge in [0.25, 0.3) is 0 Å². The molecule has 1 atom stereocenters. The van der Waals surface area contributed by atoms with E-state index in [1.807, 2.05) is 0 Å². The van der Waals surface area contributed by atoms with Crippen LogP contribution < -0.4 is 10.5 Å². The third-order valence-electron chi connectivity index (χ3n) is 1.87. The Balaban J connectivity index is 2.51. The summed E-state index contributed by atoms with van der Waals surface area (Å²) in [6.07, 6.45) is 2.08. The molecule has 1 rings (SSSR count). The van der Waals surface area contributed by atoms with E-state index in [4.69, 9.17) is 10.5 Å². The predicted molar refractivity (Wildman–Crippen MR) is 53.5 cm³/mol. The lowest BCUT2D eigenvalue weighted by Crippen LogP contribution is -2.25. The molecule has 0 bridgehead atoms. The summed E-state index contributed by atoms with van der Waals surface area (Å²) in [6, 6.07) is 3.15. The number of aldehydes is 1. The molecule has 0 spiro atoms. The molecule has 1 aromatic rings. The van der Waals surface area contributed by atoms with Gasteiger partial charge in [-0.1, -0.05) is 6.92 Å². The molecule has 2 N–H and O–H groups in total. The Morgan fingerprint density at radius 1 is 1.67 bits per heavy atom. The molecule has 1 aromatic heterocycles. The zero-order valence-electron chi connectivity index (χ0n) is 8.34. The van der Waals surface area contributed by atoms with Gasteiger partial charge in [0, 0.05) is 0 Å². The molecule has 0 radical (unpaired) electrons. The minimum absolute atomic E-state index is 0.206. The van der Waals surface area contributed by atoms with Gasteiger partial charge in [0.05, 0.1) is 18.7 Å². The molecule has 15 heavy (non-hydrogen) atoms. The van der Waals surface area contributed by atoms with Gasteiger partial charge in [-0.25, -0.2) is 4.98 Å². The van der Waals surface area contributed by atoms with Crippen LogP contribution in [0.5, 0.6) is 5.75 Å². The average molecular weight is 208 g/mol. The first-order valence-corrected chi connectivity index (χ1v) is 4.47. The molecule has 0 fully saturated rings. The van der Waals surface area contributed by atoms with Gasteiger partial charge < -0.3 is 10.5 Å². The van der Waals surface area contributed by atoms with Gasteiger partial charge in [0.2, 0.25) is 5.91 Å². The van der Waals surface area contributed by atoms with Gasteiger partial charge in [-0.2, -0.15) is 0 Å². The maximum absolute atomic E-state index is 10.7. The standard InChI is InChI=1S/C10H12N2O3/c1-7(10(11)14)6-15-9-3-2-8(5-13)12-4-9/h2-5,7H,6H2,1H3,(H2,11,14). The summed E-state index contributed by atoms with van der Waals surface area (Å²) in [6.45, 7) is 1.88. The van der Waals surface area contributed by atoms with Crippen molar-refractivity contribution in [1.82, 2.24) is 4.98 Å². The molecule has 1 unspecified atom stereocenters.